The highest BCUT2D eigenvalue weighted by atomic mass is 35.5. The minimum absolute atomic E-state index is 0. The molecule has 0 spiro atoms. The van der Waals surface area contributed by atoms with E-state index in [1.165, 1.54) is 0 Å². The fraction of sp³-hybridized carbons (Fsp3) is 1.00. The number of halogens is 1. The first-order valence-electron chi connectivity index (χ1n) is 4.98. The van der Waals surface area contributed by atoms with Crippen LogP contribution < -0.4 is 5.73 Å². The fourth-order valence-corrected chi connectivity index (χ4v) is 2.72. The van der Waals surface area contributed by atoms with E-state index >= 15 is 0 Å². The molecule has 0 saturated heterocycles. The molecule has 3 nitrogen and oxygen atoms in total. The first-order valence-corrected chi connectivity index (χ1v) is 6.23. The van der Waals surface area contributed by atoms with Crippen LogP contribution >= 0.6 is 12.4 Å². The lowest BCUT2D eigenvalue weighted by atomic mass is 9.81. The van der Waals surface area contributed by atoms with Crippen LogP contribution in [-0.4, -0.2) is 20.2 Å². The maximum absolute atomic E-state index is 10.8. The van der Waals surface area contributed by atoms with Gasteiger partial charge < -0.3 is 5.73 Å². The molecule has 1 saturated carbocycles. The van der Waals surface area contributed by atoms with Gasteiger partial charge in [-0.25, -0.2) is 8.42 Å². The molecule has 14 heavy (non-hydrogen) atoms. The molecule has 0 aliphatic heterocycles. The van der Waals surface area contributed by atoms with Crippen molar-refractivity contribution >= 4 is 23.1 Å². The van der Waals surface area contributed by atoms with Crippen molar-refractivity contribution in [1.82, 2.24) is 0 Å². The molecule has 0 heterocycles. The zero-order valence-corrected chi connectivity index (χ0v) is 10.2. The third-order valence-electron chi connectivity index (χ3n) is 3.24. The maximum atomic E-state index is 10.8. The van der Waals surface area contributed by atoms with Crippen LogP contribution in [0.3, 0.4) is 0 Å². The van der Waals surface area contributed by atoms with E-state index in [4.69, 9.17) is 5.73 Å². The van der Waals surface area contributed by atoms with Crippen molar-refractivity contribution in [1.29, 1.82) is 0 Å². The van der Waals surface area contributed by atoms with E-state index in [1.807, 2.05) is 6.92 Å². The lowest BCUT2D eigenvalue weighted by Gasteiger charge is -2.29. The summed E-state index contributed by atoms with van der Waals surface area (Å²) < 4.78 is 21.5. The molecule has 0 bridgehead atoms. The Balaban J connectivity index is 0.00000169. The number of hydrogen-bond acceptors (Lipinski definition) is 3. The Morgan fingerprint density at radius 1 is 1.29 bits per heavy atom. The first kappa shape index (κ1) is 14.2. The van der Waals surface area contributed by atoms with Crippen molar-refractivity contribution in [3.63, 3.8) is 0 Å². The fourth-order valence-electron chi connectivity index (χ4n) is 2.08. The molecule has 1 aliphatic rings. The third kappa shape index (κ3) is 3.75. The Morgan fingerprint density at radius 3 is 2.14 bits per heavy atom. The molecule has 1 aliphatic carbocycles. The Labute approximate surface area is 93.8 Å². The summed E-state index contributed by atoms with van der Waals surface area (Å²) in [4.78, 5) is 0. The topological polar surface area (TPSA) is 60.2 Å². The molecule has 5 heteroatoms. The highest BCUT2D eigenvalue weighted by Crippen LogP contribution is 2.30. The molecule has 0 aromatic rings. The van der Waals surface area contributed by atoms with Gasteiger partial charge in [0.25, 0.3) is 0 Å². The molecule has 1 atom stereocenters. The van der Waals surface area contributed by atoms with Crippen LogP contribution in [0.5, 0.6) is 0 Å². The van der Waals surface area contributed by atoms with Crippen LogP contribution in [0.1, 0.15) is 32.6 Å². The summed E-state index contributed by atoms with van der Waals surface area (Å²) in [6.07, 6.45) is 4.28. The van der Waals surface area contributed by atoms with Crippen LogP contribution in [0.2, 0.25) is 0 Å². The minimum atomic E-state index is -2.23. The normalized spacial score (nSPS) is 29.6. The Morgan fingerprint density at radius 2 is 1.79 bits per heavy atom. The highest BCUT2D eigenvalue weighted by Gasteiger charge is 2.25. The van der Waals surface area contributed by atoms with Crippen molar-refractivity contribution in [2.75, 3.05) is 6.54 Å². The summed E-state index contributed by atoms with van der Waals surface area (Å²) in [5.74, 6) is 1.01. The maximum Gasteiger partial charge on any atom is 0.143 e. The third-order valence-corrected chi connectivity index (χ3v) is 4.33. The van der Waals surface area contributed by atoms with Gasteiger partial charge in [-0.1, -0.05) is 0 Å². The summed E-state index contributed by atoms with van der Waals surface area (Å²) in [5, 5.41) is -0.145. The van der Waals surface area contributed by atoms with Gasteiger partial charge in [0.2, 0.25) is 0 Å². The molecular weight excluding hydrogens is 222 g/mol. The molecule has 0 aromatic heterocycles. The van der Waals surface area contributed by atoms with Gasteiger partial charge in [0, 0.05) is 0 Å². The van der Waals surface area contributed by atoms with Crippen molar-refractivity contribution < 1.29 is 8.42 Å². The highest BCUT2D eigenvalue weighted by molar-refractivity contribution is 7.73. The molecule has 0 amide bonds. The second kappa shape index (κ2) is 6.64. The molecule has 1 unspecified atom stereocenters. The van der Waals surface area contributed by atoms with Gasteiger partial charge >= 0.3 is 0 Å². The van der Waals surface area contributed by atoms with E-state index in [9.17, 15) is 8.42 Å². The van der Waals surface area contributed by atoms with E-state index < -0.39 is 10.7 Å². The van der Waals surface area contributed by atoms with E-state index in [1.54, 1.807) is 0 Å². The average molecular weight is 242 g/mol. The molecule has 1 fully saturated rings. The second-order valence-corrected chi connectivity index (χ2v) is 5.43. The van der Waals surface area contributed by atoms with Gasteiger partial charge in [-0.3, -0.25) is 0 Å². The van der Waals surface area contributed by atoms with Crippen LogP contribution in [0.25, 0.3) is 0 Å². The van der Waals surface area contributed by atoms with Gasteiger partial charge in [0.1, 0.15) is 10.7 Å². The number of hydrogen-bond donors (Lipinski definition) is 2. The van der Waals surface area contributed by atoms with E-state index in [0.29, 0.717) is 11.8 Å². The zero-order chi connectivity index (χ0) is 9.84. The molecule has 1 rings (SSSR count). The van der Waals surface area contributed by atoms with Crippen molar-refractivity contribution in [3.05, 3.63) is 0 Å². The van der Waals surface area contributed by atoms with Gasteiger partial charge in [-0.2, -0.15) is 0 Å². The van der Waals surface area contributed by atoms with E-state index in [2.05, 4.69) is 0 Å². The van der Waals surface area contributed by atoms with Crippen molar-refractivity contribution in [2.45, 2.75) is 37.9 Å². The summed E-state index contributed by atoms with van der Waals surface area (Å²) in [5.41, 5.74) is 5.57. The summed E-state index contributed by atoms with van der Waals surface area (Å²) in [7, 11) is -2.23. The van der Waals surface area contributed by atoms with Gasteiger partial charge in [-0.15, -0.1) is 12.4 Å². The van der Waals surface area contributed by atoms with Crippen molar-refractivity contribution in [2.24, 2.45) is 17.6 Å². The minimum Gasteiger partial charge on any atom is -0.330 e. The standard InChI is InChI=1S/C9H19NO2S.ClH/c1-7(13(11)12)9-4-2-8(6-10)3-5-9;/h7-9,13H,2-6,10H2,1H3;1H/t7?,8-,9-;. The Hall–Kier alpha value is 0.200. The quantitative estimate of drug-likeness (QED) is 0.730. The molecule has 0 aromatic carbocycles. The Kier molecular flexibility index (Phi) is 6.74. The molecule has 0 radical (unpaired) electrons. The van der Waals surface area contributed by atoms with Gasteiger partial charge in [0.15, 0.2) is 0 Å². The SMILES string of the molecule is CC([C@H]1CC[C@H](CN)CC1)[SH](=O)=O.Cl. The van der Waals surface area contributed by atoms with E-state index in [-0.39, 0.29) is 17.7 Å². The van der Waals surface area contributed by atoms with Crippen LogP contribution in [0.4, 0.5) is 0 Å². The Bertz CT molecular complexity index is 217. The monoisotopic (exact) mass is 241 g/mol. The largest absolute Gasteiger partial charge is 0.330 e. The molecular formula is C9H20ClNO2S. The van der Waals surface area contributed by atoms with E-state index in [0.717, 1.165) is 32.2 Å². The zero-order valence-electron chi connectivity index (χ0n) is 8.52. The average Bonchev–Trinajstić information content (AvgIpc) is 2.17. The second-order valence-electron chi connectivity index (χ2n) is 4.04. The molecule has 2 N–H and O–H groups in total. The van der Waals surface area contributed by atoms with Gasteiger partial charge in [-0.05, 0) is 51.0 Å². The summed E-state index contributed by atoms with van der Waals surface area (Å²) >= 11 is 0. The predicted octanol–water partition coefficient (Wildman–Crippen LogP) is 1.17. The number of thiol groups is 1. The smallest absolute Gasteiger partial charge is 0.143 e. The lowest BCUT2D eigenvalue weighted by Crippen LogP contribution is -2.27. The summed E-state index contributed by atoms with van der Waals surface area (Å²) in [6.45, 7) is 2.57. The van der Waals surface area contributed by atoms with Crippen LogP contribution in [-0.2, 0) is 10.7 Å². The first-order chi connectivity index (χ1) is 6.15. The van der Waals surface area contributed by atoms with Gasteiger partial charge in [0.05, 0.1) is 5.25 Å². The van der Waals surface area contributed by atoms with Crippen LogP contribution in [0, 0.1) is 11.8 Å². The summed E-state index contributed by atoms with van der Waals surface area (Å²) in [6, 6.07) is 0. The predicted molar refractivity (Wildman–Crippen MR) is 61.5 cm³/mol. The van der Waals surface area contributed by atoms with Crippen molar-refractivity contribution in [3.8, 4) is 0 Å². The lowest BCUT2D eigenvalue weighted by molar-refractivity contribution is 0.276. The number of rotatable bonds is 3. The molecule has 86 valence electrons. The van der Waals surface area contributed by atoms with Crippen LogP contribution in [0.15, 0.2) is 0 Å². The number of nitrogens with two attached hydrogens (primary N) is 1.